The van der Waals surface area contributed by atoms with E-state index in [1.54, 1.807) is 0 Å². The highest BCUT2D eigenvalue weighted by Crippen LogP contribution is 2.36. The van der Waals surface area contributed by atoms with E-state index in [2.05, 4.69) is 30.7 Å². The molecule has 0 saturated heterocycles. The molecule has 1 rings (SSSR count). The average molecular weight is 305 g/mol. The first kappa shape index (κ1) is 19.0. The van der Waals surface area contributed by atoms with Crippen LogP contribution in [0.15, 0.2) is 6.07 Å². The number of hydrogen-bond donors (Lipinski definition) is 2. The van der Waals surface area contributed by atoms with Crippen molar-refractivity contribution in [2.45, 2.75) is 26.9 Å². The maximum atomic E-state index is 12.2. The van der Waals surface area contributed by atoms with Crippen LogP contribution in [0.25, 0.3) is 0 Å². The van der Waals surface area contributed by atoms with Gasteiger partial charge < -0.3 is 15.1 Å². The predicted molar refractivity (Wildman–Crippen MR) is 70.7 cm³/mol. The molecule has 8 heteroatoms. The molecule has 0 saturated carbocycles. The van der Waals surface area contributed by atoms with E-state index in [0.717, 1.165) is 6.07 Å². The molecule has 5 nitrogen and oxygen atoms in total. The lowest BCUT2D eigenvalue weighted by molar-refractivity contribution is -0.138. The summed E-state index contributed by atoms with van der Waals surface area (Å²) in [5, 5.41) is 25.9. The van der Waals surface area contributed by atoms with Gasteiger partial charge in [0.25, 0.3) is 0 Å². The number of hydrogen-bond acceptors (Lipinski definition) is 5. The molecule has 0 unspecified atom stereocenters. The third-order valence-corrected chi connectivity index (χ3v) is 2.75. The van der Waals surface area contributed by atoms with Crippen molar-refractivity contribution in [3.05, 3.63) is 17.2 Å². The Labute approximate surface area is 121 Å². The second-order valence-corrected chi connectivity index (χ2v) is 3.96. The summed E-state index contributed by atoms with van der Waals surface area (Å²) in [6.07, 6.45) is -4.82. The summed E-state index contributed by atoms with van der Waals surface area (Å²) in [7, 11) is 0. The lowest BCUT2D eigenvalue weighted by Gasteiger charge is -2.13. The minimum absolute atomic E-state index is 0.276. The van der Waals surface area contributed by atoms with Gasteiger partial charge in [0, 0.05) is 6.07 Å². The number of nitrogens with zero attached hydrogens (tertiary/aromatic N) is 3. The minimum atomic E-state index is -4.82. The SMILES string of the molecule is CCN(CC)CC.N#Cc1c(C(F)(F)F)cc(O)nc1O. The molecule has 0 bridgehead atoms. The summed E-state index contributed by atoms with van der Waals surface area (Å²) in [4.78, 5) is 5.28. The molecular weight excluding hydrogens is 287 g/mol. The van der Waals surface area contributed by atoms with E-state index in [0.29, 0.717) is 0 Å². The van der Waals surface area contributed by atoms with Crippen LogP contribution in [0.3, 0.4) is 0 Å². The van der Waals surface area contributed by atoms with Gasteiger partial charge in [0.1, 0.15) is 11.6 Å². The van der Waals surface area contributed by atoms with Gasteiger partial charge in [0.05, 0.1) is 5.56 Å². The Morgan fingerprint density at radius 3 is 1.95 bits per heavy atom. The average Bonchev–Trinajstić information content (AvgIpc) is 2.39. The van der Waals surface area contributed by atoms with E-state index in [-0.39, 0.29) is 6.07 Å². The third-order valence-electron chi connectivity index (χ3n) is 2.75. The zero-order valence-corrected chi connectivity index (χ0v) is 12.1. The number of aromatic nitrogens is 1. The Hall–Kier alpha value is -2.01. The van der Waals surface area contributed by atoms with Crippen LogP contribution in [0, 0.1) is 11.3 Å². The van der Waals surface area contributed by atoms with Crippen molar-refractivity contribution < 1.29 is 23.4 Å². The molecule has 0 spiro atoms. The van der Waals surface area contributed by atoms with Crippen LogP contribution in [0.2, 0.25) is 0 Å². The monoisotopic (exact) mass is 305 g/mol. The van der Waals surface area contributed by atoms with Crippen molar-refractivity contribution in [1.29, 1.82) is 5.26 Å². The lowest BCUT2D eigenvalue weighted by atomic mass is 10.1. The van der Waals surface area contributed by atoms with E-state index in [9.17, 15) is 13.2 Å². The molecule has 118 valence electrons. The largest absolute Gasteiger partial charge is 0.493 e. The highest BCUT2D eigenvalue weighted by Gasteiger charge is 2.36. The third kappa shape index (κ3) is 5.87. The van der Waals surface area contributed by atoms with Gasteiger partial charge >= 0.3 is 6.18 Å². The molecule has 2 N–H and O–H groups in total. The first-order valence-corrected chi connectivity index (χ1v) is 6.33. The van der Waals surface area contributed by atoms with Crippen LogP contribution < -0.4 is 0 Å². The molecule has 0 fully saturated rings. The molecule has 1 aromatic heterocycles. The van der Waals surface area contributed by atoms with Crippen LogP contribution in [-0.2, 0) is 6.18 Å². The van der Waals surface area contributed by atoms with Gasteiger partial charge in [-0.05, 0) is 19.6 Å². The zero-order valence-electron chi connectivity index (χ0n) is 12.1. The van der Waals surface area contributed by atoms with Crippen LogP contribution >= 0.6 is 0 Å². The van der Waals surface area contributed by atoms with Crippen molar-refractivity contribution in [3.63, 3.8) is 0 Å². The van der Waals surface area contributed by atoms with Gasteiger partial charge in [0.2, 0.25) is 11.8 Å². The van der Waals surface area contributed by atoms with E-state index >= 15 is 0 Å². The Morgan fingerprint density at radius 2 is 1.67 bits per heavy atom. The quantitative estimate of drug-likeness (QED) is 0.897. The molecule has 21 heavy (non-hydrogen) atoms. The summed E-state index contributed by atoms with van der Waals surface area (Å²) < 4.78 is 36.6. The maximum absolute atomic E-state index is 12.2. The van der Waals surface area contributed by atoms with Crippen LogP contribution in [0.4, 0.5) is 13.2 Å². The number of pyridine rings is 1. The molecule has 0 aliphatic heterocycles. The second kappa shape index (κ2) is 8.32. The van der Waals surface area contributed by atoms with Crippen LogP contribution in [0.1, 0.15) is 31.9 Å². The maximum Gasteiger partial charge on any atom is 0.418 e. The lowest BCUT2D eigenvalue weighted by Crippen LogP contribution is -2.21. The molecule has 0 aromatic carbocycles. The van der Waals surface area contributed by atoms with Crippen molar-refractivity contribution in [3.8, 4) is 17.8 Å². The topological polar surface area (TPSA) is 80.4 Å². The normalized spacial score (nSPS) is 10.8. The molecule has 0 aliphatic rings. The summed E-state index contributed by atoms with van der Waals surface area (Å²) in [5.41, 5.74) is -2.42. The number of aromatic hydroxyl groups is 2. The summed E-state index contributed by atoms with van der Waals surface area (Å²) >= 11 is 0. The molecule has 0 amide bonds. The van der Waals surface area contributed by atoms with Crippen LogP contribution in [0.5, 0.6) is 11.8 Å². The summed E-state index contributed by atoms with van der Waals surface area (Å²) in [6.45, 7) is 10.1. The van der Waals surface area contributed by atoms with Gasteiger partial charge in [-0.25, -0.2) is 0 Å². The first-order chi connectivity index (χ1) is 9.70. The molecule has 1 aromatic rings. The first-order valence-electron chi connectivity index (χ1n) is 6.33. The standard InChI is InChI=1S/C7H3F3N2O2.C6H15N/c8-7(9,10)4-1-5(13)12-6(14)3(4)2-11;1-4-7(5-2)6-3/h1H,(H2,12,13,14);4-6H2,1-3H3. The number of rotatable bonds is 3. The fourth-order valence-corrected chi connectivity index (χ4v) is 1.52. The predicted octanol–water partition coefficient (Wildman–Crippen LogP) is 2.73. The smallest absolute Gasteiger partial charge is 0.418 e. The number of alkyl halides is 3. The zero-order chi connectivity index (χ0) is 16.6. The fourth-order valence-electron chi connectivity index (χ4n) is 1.52. The van der Waals surface area contributed by atoms with Gasteiger partial charge in [-0.2, -0.15) is 23.4 Å². The van der Waals surface area contributed by atoms with E-state index in [4.69, 9.17) is 15.5 Å². The van der Waals surface area contributed by atoms with Crippen molar-refractivity contribution in [1.82, 2.24) is 9.88 Å². The Morgan fingerprint density at radius 1 is 1.19 bits per heavy atom. The van der Waals surface area contributed by atoms with Gasteiger partial charge in [-0.3, -0.25) is 0 Å². The Kier molecular flexibility index (Phi) is 7.52. The number of nitriles is 1. The van der Waals surface area contributed by atoms with Gasteiger partial charge in [-0.1, -0.05) is 20.8 Å². The molecule has 0 aliphatic carbocycles. The second-order valence-electron chi connectivity index (χ2n) is 3.96. The van der Waals surface area contributed by atoms with E-state index < -0.39 is 29.1 Å². The Bertz CT molecular complexity index is 489. The van der Waals surface area contributed by atoms with E-state index in [1.165, 1.54) is 19.6 Å². The van der Waals surface area contributed by atoms with Crippen LogP contribution in [-0.4, -0.2) is 39.7 Å². The highest BCUT2D eigenvalue weighted by atomic mass is 19.4. The van der Waals surface area contributed by atoms with Gasteiger partial charge in [-0.15, -0.1) is 0 Å². The van der Waals surface area contributed by atoms with E-state index in [1.807, 2.05) is 0 Å². The summed E-state index contributed by atoms with van der Waals surface area (Å²) in [5.74, 6) is -2.13. The van der Waals surface area contributed by atoms with Crippen molar-refractivity contribution in [2.24, 2.45) is 0 Å². The molecule has 0 atom stereocenters. The minimum Gasteiger partial charge on any atom is -0.493 e. The molecule has 1 heterocycles. The van der Waals surface area contributed by atoms with Crippen molar-refractivity contribution >= 4 is 0 Å². The Balaban J connectivity index is 0.000000486. The molecular formula is C13H18F3N3O2. The van der Waals surface area contributed by atoms with Gasteiger partial charge in [0.15, 0.2) is 0 Å². The van der Waals surface area contributed by atoms with Crippen molar-refractivity contribution in [2.75, 3.05) is 19.6 Å². The fraction of sp³-hybridized carbons (Fsp3) is 0.538. The summed E-state index contributed by atoms with van der Waals surface area (Å²) in [6, 6.07) is 1.43. The molecule has 0 radical (unpaired) electrons. The number of halogens is 3. The highest BCUT2D eigenvalue weighted by molar-refractivity contribution is 5.47.